The zero-order chi connectivity index (χ0) is 10.5. The highest BCUT2D eigenvalue weighted by atomic mass is 35.5. The molecule has 2 rings (SSSR count). The highest BCUT2D eigenvalue weighted by Gasteiger charge is 1.92. The Balaban J connectivity index is 1.96. The number of hydrazone groups is 1. The average molecular weight is 239 g/mol. The zero-order valence-electron chi connectivity index (χ0n) is 7.59. The summed E-state index contributed by atoms with van der Waals surface area (Å²) in [5.41, 5.74) is 3.80. The normalized spacial score (nSPS) is 10.7. The molecule has 0 amide bonds. The van der Waals surface area contributed by atoms with Crippen molar-refractivity contribution in [2.75, 3.05) is 5.43 Å². The Kier molecular flexibility index (Phi) is 3.26. The number of anilines is 1. The number of nitrogens with one attached hydrogen (secondary N) is 1. The first-order valence-electron chi connectivity index (χ1n) is 4.15. The molecule has 15 heavy (non-hydrogen) atoms. The minimum absolute atomic E-state index is 0.363. The Morgan fingerprint density at radius 1 is 1.33 bits per heavy atom. The standard InChI is InChI=1S/C9H7ClN4S/c10-8-1-2-9(14-12-8)13-11-5-7-3-4-15-6-7/h1-6H,(H,13,14)/b11-5+. The molecule has 0 fully saturated rings. The molecule has 0 aliphatic rings. The van der Waals surface area contributed by atoms with E-state index < -0.39 is 0 Å². The Hall–Kier alpha value is -1.46. The van der Waals surface area contributed by atoms with Crippen LogP contribution < -0.4 is 5.43 Å². The summed E-state index contributed by atoms with van der Waals surface area (Å²) in [5.74, 6) is 0.561. The van der Waals surface area contributed by atoms with Crippen LogP contribution in [0.1, 0.15) is 5.56 Å². The number of nitrogens with zero attached hydrogens (tertiary/aromatic N) is 3. The number of halogens is 1. The molecule has 0 bridgehead atoms. The van der Waals surface area contributed by atoms with Gasteiger partial charge in [0.15, 0.2) is 11.0 Å². The maximum atomic E-state index is 5.59. The summed E-state index contributed by atoms with van der Waals surface area (Å²) in [6, 6.07) is 5.33. The molecule has 2 aromatic rings. The van der Waals surface area contributed by atoms with Crippen molar-refractivity contribution in [1.29, 1.82) is 0 Å². The van der Waals surface area contributed by atoms with E-state index in [1.54, 1.807) is 29.7 Å². The minimum Gasteiger partial charge on any atom is -0.260 e. The Morgan fingerprint density at radius 3 is 2.93 bits per heavy atom. The van der Waals surface area contributed by atoms with Gasteiger partial charge < -0.3 is 0 Å². The summed E-state index contributed by atoms with van der Waals surface area (Å²) in [6.07, 6.45) is 1.72. The zero-order valence-corrected chi connectivity index (χ0v) is 9.16. The second-order valence-electron chi connectivity index (χ2n) is 2.67. The molecule has 0 spiro atoms. The SMILES string of the molecule is Clc1ccc(N/N=C/c2ccsc2)nn1. The molecule has 2 aromatic heterocycles. The van der Waals surface area contributed by atoms with Gasteiger partial charge in [-0.05, 0) is 29.0 Å². The number of thiophene rings is 1. The molecule has 0 atom stereocenters. The highest BCUT2D eigenvalue weighted by Crippen LogP contribution is 2.06. The molecular formula is C9H7ClN4S. The average Bonchev–Trinajstić information content (AvgIpc) is 2.74. The van der Waals surface area contributed by atoms with Crippen LogP contribution in [0.2, 0.25) is 5.15 Å². The molecule has 2 heterocycles. The lowest BCUT2D eigenvalue weighted by Gasteiger charge is -1.96. The van der Waals surface area contributed by atoms with Crippen LogP contribution in [0.4, 0.5) is 5.82 Å². The van der Waals surface area contributed by atoms with Crippen molar-refractivity contribution in [3.05, 3.63) is 39.7 Å². The van der Waals surface area contributed by atoms with Crippen LogP contribution in [0, 0.1) is 0 Å². The number of rotatable bonds is 3. The van der Waals surface area contributed by atoms with Gasteiger partial charge in [0.25, 0.3) is 0 Å². The predicted molar refractivity (Wildman–Crippen MR) is 62.6 cm³/mol. The topological polar surface area (TPSA) is 50.2 Å². The van der Waals surface area contributed by atoms with E-state index in [-0.39, 0.29) is 0 Å². The maximum Gasteiger partial charge on any atom is 0.168 e. The molecule has 76 valence electrons. The molecule has 0 radical (unpaired) electrons. The first kappa shape index (κ1) is 10.1. The van der Waals surface area contributed by atoms with Crippen molar-refractivity contribution in [3.63, 3.8) is 0 Å². The first-order chi connectivity index (χ1) is 7.34. The van der Waals surface area contributed by atoms with Crippen molar-refractivity contribution in [2.24, 2.45) is 5.10 Å². The molecule has 0 aliphatic heterocycles. The van der Waals surface area contributed by atoms with E-state index in [0.717, 1.165) is 5.56 Å². The fraction of sp³-hybridized carbons (Fsp3) is 0. The van der Waals surface area contributed by atoms with Crippen LogP contribution in [-0.4, -0.2) is 16.4 Å². The van der Waals surface area contributed by atoms with E-state index in [2.05, 4.69) is 20.7 Å². The third-order valence-electron chi connectivity index (χ3n) is 1.57. The largest absolute Gasteiger partial charge is 0.260 e. The van der Waals surface area contributed by atoms with Crippen LogP contribution in [0.5, 0.6) is 0 Å². The predicted octanol–water partition coefficient (Wildman–Crippen LogP) is 2.64. The Morgan fingerprint density at radius 2 is 2.27 bits per heavy atom. The molecule has 0 aliphatic carbocycles. The molecule has 0 aromatic carbocycles. The second-order valence-corrected chi connectivity index (χ2v) is 3.84. The first-order valence-corrected chi connectivity index (χ1v) is 5.47. The minimum atomic E-state index is 0.363. The van der Waals surface area contributed by atoms with E-state index in [4.69, 9.17) is 11.6 Å². The lowest BCUT2D eigenvalue weighted by Crippen LogP contribution is -1.94. The van der Waals surface area contributed by atoms with Crippen LogP contribution in [0.25, 0.3) is 0 Å². The number of hydrogen-bond acceptors (Lipinski definition) is 5. The summed E-state index contributed by atoms with van der Waals surface area (Å²) in [6.45, 7) is 0. The van der Waals surface area contributed by atoms with Gasteiger partial charge in [0.05, 0.1) is 6.21 Å². The lowest BCUT2D eigenvalue weighted by atomic mass is 10.4. The van der Waals surface area contributed by atoms with Gasteiger partial charge in [-0.15, -0.1) is 10.2 Å². The van der Waals surface area contributed by atoms with Gasteiger partial charge in [0.1, 0.15) is 0 Å². The van der Waals surface area contributed by atoms with Gasteiger partial charge in [-0.25, -0.2) is 0 Å². The van der Waals surface area contributed by atoms with Crippen LogP contribution in [0.3, 0.4) is 0 Å². The van der Waals surface area contributed by atoms with Crippen LogP contribution in [-0.2, 0) is 0 Å². The monoisotopic (exact) mass is 238 g/mol. The summed E-state index contributed by atoms with van der Waals surface area (Å²) in [5, 5.41) is 15.8. The van der Waals surface area contributed by atoms with E-state index in [1.165, 1.54) is 0 Å². The summed E-state index contributed by atoms with van der Waals surface area (Å²) in [7, 11) is 0. The van der Waals surface area contributed by atoms with Gasteiger partial charge in [-0.2, -0.15) is 16.4 Å². The van der Waals surface area contributed by atoms with Crippen molar-refractivity contribution in [2.45, 2.75) is 0 Å². The van der Waals surface area contributed by atoms with Gasteiger partial charge in [0.2, 0.25) is 0 Å². The Bertz CT molecular complexity index is 438. The van der Waals surface area contributed by atoms with Gasteiger partial charge >= 0.3 is 0 Å². The van der Waals surface area contributed by atoms with Gasteiger partial charge in [-0.3, -0.25) is 5.43 Å². The molecule has 0 unspecified atom stereocenters. The summed E-state index contributed by atoms with van der Waals surface area (Å²) in [4.78, 5) is 0. The van der Waals surface area contributed by atoms with E-state index in [0.29, 0.717) is 11.0 Å². The molecule has 0 saturated heterocycles. The molecule has 1 N–H and O–H groups in total. The fourth-order valence-corrected chi connectivity index (χ4v) is 1.61. The van der Waals surface area contributed by atoms with E-state index in [9.17, 15) is 0 Å². The Labute approximate surface area is 95.6 Å². The van der Waals surface area contributed by atoms with E-state index >= 15 is 0 Å². The highest BCUT2D eigenvalue weighted by molar-refractivity contribution is 7.08. The fourth-order valence-electron chi connectivity index (χ4n) is 0.897. The van der Waals surface area contributed by atoms with Crippen molar-refractivity contribution < 1.29 is 0 Å². The molecule has 6 heteroatoms. The quantitative estimate of drug-likeness (QED) is 0.661. The number of hydrogen-bond donors (Lipinski definition) is 1. The third-order valence-corrected chi connectivity index (χ3v) is 2.47. The molecular weight excluding hydrogens is 232 g/mol. The maximum absolute atomic E-state index is 5.59. The van der Waals surface area contributed by atoms with E-state index in [1.807, 2.05) is 16.8 Å². The summed E-state index contributed by atoms with van der Waals surface area (Å²) < 4.78 is 0. The van der Waals surface area contributed by atoms with Gasteiger partial charge in [0, 0.05) is 5.56 Å². The van der Waals surface area contributed by atoms with Crippen molar-refractivity contribution in [3.8, 4) is 0 Å². The molecule has 0 saturated carbocycles. The smallest absolute Gasteiger partial charge is 0.168 e. The summed E-state index contributed by atoms with van der Waals surface area (Å²) >= 11 is 7.21. The second kappa shape index (κ2) is 4.86. The third kappa shape index (κ3) is 3.00. The van der Waals surface area contributed by atoms with Crippen molar-refractivity contribution >= 4 is 35.0 Å². The van der Waals surface area contributed by atoms with Crippen LogP contribution >= 0.6 is 22.9 Å². The molecule has 4 nitrogen and oxygen atoms in total. The number of aromatic nitrogens is 2. The lowest BCUT2D eigenvalue weighted by molar-refractivity contribution is 1.02. The van der Waals surface area contributed by atoms with Crippen molar-refractivity contribution in [1.82, 2.24) is 10.2 Å². The van der Waals surface area contributed by atoms with Crippen LogP contribution in [0.15, 0.2) is 34.1 Å². The van der Waals surface area contributed by atoms with Gasteiger partial charge in [-0.1, -0.05) is 11.6 Å².